The van der Waals surface area contributed by atoms with Crippen molar-refractivity contribution in [3.63, 3.8) is 0 Å². The molecule has 10 heteroatoms. The van der Waals surface area contributed by atoms with Gasteiger partial charge in [-0.15, -0.1) is 0 Å². The van der Waals surface area contributed by atoms with Gasteiger partial charge in [-0.3, -0.25) is 4.79 Å². The number of nitrogens with one attached hydrogen (secondary N) is 1. The summed E-state index contributed by atoms with van der Waals surface area (Å²) in [6, 6.07) is 10.3. The largest absolute Gasteiger partial charge is 0.374 e. The number of ether oxygens (including phenoxy) is 1. The average molecular weight is 473 g/mol. The first-order chi connectivity index (χ1) is 17.1. The predicted molar refractivity (Wildman–Crippen MR) is 133 cm³/mol. The van der Waals surface area contributed by atoms with Crippen molar-refractivity contribution < 1.29 is 9.53 Å². The molecule has 6 rings (SSSR count). The summed E-state index contributed by atoms with van der Waals surface area (Å²) in [6.45, 7) is 6.26. The Morgan fingerprint density at radius 1 is 0.971 bits per heavy atom. The Morgan fingerprint density at radius 3 is 2.51 bits per heavy atom. The third-order valence-electron chi connectivity index (χ3n) is 6.96. The molecule has 6 heterocycles. The van der Waals surface area contributed by atoms with Crippen molar-refractivity contribution in [2.24, 2.45) is 0 Å². The summed E-state index contributed by atoms with van der Waals surface area (Å²) in [5, 5.41) is 2.87. The molecule has 0 saturated carbocycles. The lowest BCUT2D eigenvalue weighted by atomic mass is 10.2. The molecule has 0 spiro atoms. The van der Waals surface area contributed by atoms with E-state index in [4.69, 9.17) is 4.74 Å². The van der Waals surface area contributed by atoms with E-state index in [1.54, 1.807) is 18.6 Å². The third kappa shape index (κ3) is 4.37. The minimum absolute atomic E-state index is 0.230. The second kappa shape index (κ2) is 9.10. The fourth-order valence-electron chi connectivity index (χ4n) is 5.11. The molecule has 3 atom stereocenters. The van der Waals surface area contributed by atoms with Crippen LogP contribution >= 0.6 is 0 Å². The zero-order valence-electron chi connectivity index (χ0n) is 19.6. The number of pyridine rings is 2. The smallest absolute Gasteiger partial charge is 0.257 e. The number of carbonyl (C=O) groups excluding carboxylic acids is 1. The molecular formula is C25H28N8O2. The van der Waals surface area contributed by atoms with Crippen molar-refractivity contribution in [2.75, 3.05) is 52.8 Å². The lowest BCUT2D eigenvalue weighted by Gasteiger charge is -2.40. The highest BCUT2D eigenvalue weighted by Crippen LogP contribution is 2.31. The van der Waals surface area contributed by atoms with Crippen LogP contribution in [0.4, 0.5) is 23.3 Å². The van der Waals surface area contributed by atoms with Gasteiger partial charge in [-0.05, 0) is 37.6 Å². The van der Waals surface area contributed by atoms with E-state index in [-0.39, 0.29) is 11.9 Å². The zero-order valence-corrected chi connectivity index (χ0v) is 19.6. The van der Waals surface area contributed by atoms with Gasteiger partial charge in [0.25, 0.3) is 5.91 Å². The summed E-state index contributed by atoms with van der Waals surface area (Å²) >= 11 is 0. The van der Waals surface area contributed by atoms with Gasteiger partial charge in [0.2, 0.25) is 5.95 Å². The van der Waals surface area contributed by atoms with Gasteiger partial charge < -0.3 is 24.8 Å². The van der Waals surface area contributed by atoms with E-state index in [9.17, 15) is 4.79 Å². The number of nitrogens with zero attached hydrogens (tertiary/aromatic N) is 7. The topological polar surface area (TPSA) is 99.6 Å². The number of rotatable bonds is 5. The predicted octanol–water partition coefficient (Wildman–Crippen LogP) is 2.21. The minimum atomic E-state index is -0.232. The Balaban J connectivity index is 1.06. The highest BCUT2D eigenvalue weighted by molar-refractivity contribution is 6.04. The highest BCUT2D eigenvalue weighted by atomic mass is 16.5. The summed E-state index contributed by atoms with van der Waals surface area (Å²) < 4.78 is 5.65. The summed E-state index contributed by atoms with van der Waals surface area (Å²) in [7, 11) is 0. The highest BCUT2D eigenvalue weighted by Gasteiger charge is 2.39. The Kier molecular flexibility index (Phi) is 5.65. The molecule has 3 saturated heterocycles. The zero-order chi connectivity index (χ0) is 23.8. The number of hydrogen-bond acceptors (Lipinski definition) is 9. The number of morpholine rings is 1. The van der Waals surface area contributed by atoms with Gasteiger partial charge in [-0.1, -0.05) is 6.07 Å². The Morgan fingerprint density at radius 2 is 1.86 bits per heavy atom. The van der Waals surface area contributed by atoms with E-state index in [2.05, 4.69) is 46.9 Å². The normalized spacial score (nSPS) is 23.6. The molecule has 0 radical (unpaired) electrons. The number of anilines is 4. The number of aromatic nitrogens is 4. The summed E-state index contributed by atoms with van der Waals surface area (Å²) in [5.74, 6) is 2.31. The van der Waals surface area contributed by atoms with E-state index >= 15 is 0 Å². The molecule has 3 aromatic rings. The first-order valence-electron chi connectivity index (χ1n) is 12.0. The first-order valence-corrected chi connectivity index (χ1v) is 12.0. The van der Waals surface area contributed by atoms with Crippen LogP contribution < -0.4 is 20.0 Å². The van der Waals surface area contributed by atoms with Crippen LogP contribution in [0.1, 0.15) is 23.7 Å². The second-order valence-corrected chi connectivity index (χ2v) is 9.30. The maximum absolute atomic E-state index is 12.7. The second-order valence-electron chi connectivity index (χ2n) is 9.30. The first kappa shape index (κ1) is 21.7. The van der Waals surface area contributed by atoms with E-state index in [1.165, 1.54) is 0 Å². The molecule has 2 bridgehead atoms. The molecule has 0 aromatic carbocycles. The fraction of sp³-hybridized carbons (Fsp3) is 0.400. The minimum Gasteiger partial charge on any atom is -0.374 e. The lowest BCUT2D eigenvalue weighted by Crippen LogP contribution is -2.53. The molecule has 180 valence electrons. The number of carbonyl (C=O) groups is 1. The van der Waals surface area contributed by atoms with Gasteiger partial charge in [-0.25, -0.2) is 19.9 Å². The van der Waals surface area contributed by atoms with Crippen molar-refractivity contribution in [1.82, 2.24) is 19.9 Å². The fourth-order valence-corrected chi connectivity index (χ4v) is 5.11. The molecule has 10 nitrogen and oxygen atoms in total. The van der Waals surface area contributed by atoms with Crippen molar-refractivity contribution in [3.8, 4) is 0 Å². The van der Waals surface area contributed by atoms with Crippen molar-refractivity contribution in [1.29, 1.82) is 0 Å². The Bertz CT molecular complexity index is 1170. The number of hydrogen-bond donors (Lipinski definition) is 1. The maximum Gasteiger partial charge on any atom is 0.257 e. The average Bonchev–Trinajstić information content (AvgIpc) is 3.54. The lowest BCUT2D eigenvalue weighted by molar-refractivity contribution is 0.0987. The van der Waals surface area contributed by atoms with Gasteiger partial charge >= 0.3 is 0 Å². The van der Waals surface area contributed by atoms with Crippen LogP contribution in [0.15, 0.2) is 55.1 Å². The molecule has 1 amide bonds. The van der Waals surface area contributed by atoms with Crippen molar-refractivity contribution in [2.45, 2.75) is 31.5 Å². The van der Waals surface area contributed by atoms with Gasteiger partial charge in [0.15, 0.2) is 0 Å². The Hall–Kier alpha value is -3.79. The van der Waals surface area contributed by atoms with E-state index in [0.29, 0.717) is 29.3 Å². The molecule has 35 heavy (non-hydrogen) atoms. The molecule has 3 aliphatic rings. The standard InChI is InChI=1S/C25H28N8O2/c1-17-14-31(22-4-2-3-7-26-22)8-9-32(17)25-28-12-19(13-29-25)30-24(34)18-5-6-23(27-11-18)33-15-21-10-20(33)16-35-21/h2-7,11-13,17,20-21H,8-10,14-16H2,1H3,(H,30,34)/t17-,20?,21?/m0/s1. The van der Waals surface area contributed by atoms with Gasteiger partial charge in [0, 0.05) is 44.6 Å². The monoisotopic (exact) mass is 472 g/mol. The van der Waals surface area contributed by atoms with Gasteiger partial charge in [-0.2, -0.15) is 0 Å². The van der Waals surface area contributed by atoms with E-state index in [0.717, 1.165) is 50.8 Å². The van der Waals surface area contributed by atoms with Crippen LogP contribution in [0.3, 0.4) is 0 Å². The van der Waals surface area contributed by atoms with Crippen LogP contribution in [0.2, 0.25) is 0 Å². The molecule has 1 N–H and O–H groups in total. The molecule has 3 aliphatic heterocycles. The third-order valence-corrected chi connectivity index (χ3v) is 6.96. The molecule has 3 aromatic heterocycles. The SMILES string of the molecule is C[C@H]1CN(c2ccccn2)CCN1c1ncc(NC(=O)c2ccc(N3CC4CC3CO4)nc2)cn1. The van der Waals surface area contributed by atoms with Crippen LogP contribution in [0, 0.1) is 0 Å². The molecule has 2 unspecified atom stereocenters. The molecule has 0 aliphatic carbocycles. The van der Waals surface area contributed by atoms with Gasteiger partial charge in [0.05, 0.1) is 42.4 Å². The van der Waals surface area contributed by atoms with Crippen LogP contribution in [-0.4, -0.2) is 76.8 Å². The summed E-state index contributed by atoms with van der Waals surface area (Å²) in [6.07, 6.45) is 8.11. The summed E-state index contributed by atoms with van der Waals surface area (Å²) in [5.41, 5.74) is 1.05. The number of amides is 1. The van der Waals surface area contributed by atoms with Crippen LogP contribution in [0.25, 0.3) is 0 Å². The van der Waals surface area contributed by atoms with Crippen LogP contribution in [0.5, 0.6) is 0 Å². The van der Waals surface area contributed by atoms with Crippen molar-refractivity contribution in [3.05, 3.63) is 60.7 Å². The molecule has 3 fully saturated rings. The summed E-state index contributed by atoms with van der Waals surface area (Å²) in [4.78, 5) is 37.5. The van der Waals surface area contributed by atoms with Crippen molar-refractivity contribution >= 4 is 29.2 Å². The quantitative estimate of drug-likeness (QED) is 0.599. The number of piperazine rings is 1. The maximum atomic E-state index is 12.7. The number of fused-ring (bicyclic) bond motifs is 2. The Labute approximate surface area is 204 Å². The van der Waals surface area contributed by atoms with E-state index in [1.807, 2.05) is 36.5 Å². The van der Waals surface area contributed by atoms with Crippen LogP contribution in [-0.2, 0) is 4.74 Å². The molecular weight excluding hydrogens is 444 g/mol. The van der Waals surface area contributed by atoms with E-state index < -0.39 is 0 Å². The van der Waals surface area contributed by atoms with Gasteiger partial charge in [0.1, 0.15) is 11.6 Å².